The molecular weight excluding hydrogens is 769 g/mol. The summed E-state index contributed by atoms with van der Waals surface area (Å²) < 4.78 is 16.8. The van der Waals surface area contributed by atoms with E-state index in [-0.39, 0.29) is 31.1 Å². The number of rotatable bonds is 50. The van der Waals surface area contributed by atoms with Gasteiger partial charge in [-0.1, -0.05) is 272 Å². The van der Waals surface area contributed by atoms with Crippen molar-refractivity contribution in [2.24, 2.45) is 11.8 Å². The highest BCUT2D eigenvalue weighted by atomic mass is 16.6. The van der Waals surface area contributed by atoms with E-state index in [2.05, 4.69) is 34.6 Å². The van der Waals surface area contributed by atoms with E-state index in [1.807, 2.05) is 0 Å². The van der Waals surface area contributed by atoms with E-state index in [0.29, 0.717) is 19.3 Å². The Kier molecular flexibility index (Phi) is 47.6. The predicted molar refractivity (Wildman–Crippen MR) is 266 cm³/mol. The van der Waals surface area contributed by atoms with Crippen LogP contribution in [0, 0.1) is 11.8 Å². The van der Waals surface area contributed by atoms with Gasteiger partial charge in [-0.2, -0.15) is 0 Å². The summed E-state index contributed by atoms with van der Waals surface area (Å²) in [6.45, 7) is 11.4. The second-order valence-corrected chi connectivity index (χ2v) is 19.9. The molecule has 0 aromatic carbocycles. The van der Waals surface area contributed by atoms with E-state index in [4.69, 9.17) is 14.2 Å². The molecule has 6 nitrogen and oxygen atoms in total. The Morgan fingerprint density at radius 1 is 0.339 bits per heavy atom. The van der Waals surface area contributed by atoms with Gasteiger partial charge in [0.2, 0.25) is 0 Å². The number of carbonyl (C=O) groups is 3. The van der Waals surface area contributed by atoms with Gasteiger partial charge >= 0.3 is 17.9 Å². The molecule has 62 heavy (non-hydrogen) atoms. The van der Waals surface area contributed by atoms with Gasteiger partial charge < -0.3 is 14.2 Å². The molecular formula is C56H108O6. The summed E-state index contributed by atoms with van der Waals surface area (Å²) in [6, 6.07) is 0. The number of hydrogen-bond donors (Lipinski definition) is 0. The van der Waals surface area contributed by atoms with E-state index in [0.717, 1.165) is 69.6 Å². The largest absolute Gasteiger partial charge is 0.462 e. The van der Waals surface area contributed by atoms with Gasteiger partial charge in [0.15, 0.2) is 6.10 Å². The van der Waals surface area contributed by atoms with E-state index in [1.54, 1.807) is 0 Å². The van der Waals surface area contributed by atoms with E-state index >= 15 is 0 Å². The number of unbranched alkanes of at least 4 members (excludes halogenated alkanes) is 34. The Morgan fingerprint density at radius 2 is 0.613 bits per heavy atom. The smallest absolute Gasteiger partial charge is 0.306 e. The molecule has 1 unspecified atom stereocenters. The fraction of sp³-hybridized carbons (Fsp3) is 0.946. The number of hydrogen-bond acceptors (Lipinski definition) is 6. The van der Waals surface area contributed by atoms with Crippen LogP contribution in [0.15, 0.2) is 0 Å². The molecule has 0 aromatic rings. The molecule has 0 radical (unpaired) electrons. The average molecular weight is 877 g/mol. The van der Waals surface area contributed by atoms with Crippen LogP contribution >= 0.6 is 0 Å². The number of esters is 3. The molecule has 0 bridgehead atoms. The van der Waals surface area contributed by atoms with Crippen molar-refractivity contribution >= 4 is 17.9 Å². The predicted octanol–water partition coefficient (Wildman–Crippen LogP) is 18.1. The summed E-state index contributed by atoms with van der Waals surface area (Å²) in [6.07, 6.45) is 51.0. The molecule has 368 valence electrons. The highest BCUT2D eigenvalue weighted by Crippen LogP contribution is 2.18. The zero-order valence-electron chi connectivity index (χ0n) is 42.5. The number of carbonyl (C=O) groups excluding carboxylic acids is 3. The molecule has 0 aliphatic rings. The molecule has 0 saturated carbocycles. The lowest BCUT2D eigenvalue weighted by atomic mass is 9.99. The molecule has 2 atom stereocenters. The van der Waals surface area contributed by atoms with Crippen LogP contribution in [0.5, 0.6) is 0 Å². The third kappa shape index (κ3) is 47.9. The second-order valence-electron chi connectivity index (χ2n) is 19.9. The van der Waals surface area contributed by atoms with Crippen LogP contribution in [0.1, 0.15) is 311 Å². The molecule has 0 N–H and O–H groups in total. The quantitative estimate of drug-likeness (QED) is 0.0344. The maximum atomic E-state index is 12.7. The first kappa shape index (κ1) is 60.4. The topological polar surface area (TPSA) is 78.9 Å². The lowest BCUT2D eigenvalue weighted by molar-refractivity contribution is -0.167. The monoisotopic (exact) mass is 877 g/mol. The summed E-state index contributed by atoms with van der Waals surface area (Å²) >= 11 is 0. The van der Waals surface area contributed by atoms with Crippen LogP contribution < -0.4 is 0 Å². The normalized spacial score (nSPS) is 12.5. The minimum Gasteiger partial charge on any atom is -0.462 e. The molecule has 0 rings (SSSR count). The molecule has 0 aliphatic carbocycles. The van der Waals surface area contributed by atoms with Gasteiger partial charge in [-0.15, -0.1) is 0 Å². The van der Waals surface area contributed by atoms with E-state index in [9.17, 15) is 14.4 Å². The Hall–Kier alpha value is -1.59. The summed E-state index contributed by atoms with van der Waals surface area (Å²) in [4.78, 5) is 37.9. The van der Waals surface area contributed by atoms with Crippen LogP contribution in [0.4, 0.5) is 0 Å². The van der Waals surface area contributed by atoms with E-state index < -0.39 is 6.10 Å². The molecule has 6 heteroatoms. The van der Waals surface area contributed by atoms with Crippen molar-refractivity contribution < 1.29 is 28.6 Å². The van der Waals surface area contributed by atoms with Gasteiger partial charge in [-0.3, -0.25) is 14.4 Å². The van der Waals surface area contributed by atoms with Crippen LogP contribution in [0.3, 0.4) is 0 Å². The fourth-order valence-electron chi connectivity index (χ4n) is 8.49. The van der Waals surface area contributed by atoms with Crippen molar-refractivity contribution in [2.45, 2.75) is 317 Å². The first-order valence-corrected chi connectivity index (χ1v) is 27.8. The van der Waals surface area contributed by atoms with Crippen LogP contribution in [-0.4, -0.2) is 37.2 Å². The Balaban J connectivity index is 4.12. The minimum atomic E-state index is -0.760. The van der Waals surface area contributed by atoms with Crippen molar-refractivity contribution in [3.63, 3.8) is 0 Å². The third-order valence-electron chi connectivity index (χ3n) is 13.1. The third-order valence-corrected chi connectivity index (χ3v) is 13.1. The first-order chi connectivity index (χ1) is 30.3. The molecule has 0 spiro atoms. The van der Waals surface area contributed by atoms with Crippen molar-refractivity contribution in [3.8, 4) is 0 Å². The fourth-order valence-corrected chi connectivity index (χ4v) is 8.49. The minimum absolute atomic E-state index is 0.0637. The van der Waals surface area contributed by atoms with E-state index in [1.165, 1.54) is 199 Å². The van der Waals surface area contributed by atoms with Crippen molar-refractivity contribution in [1.29, 1.82) is 0 Å². The van der Waals surface area contributed by atoms with Gasteiger partial charge in [0.25, 0.3) is 0 Å². The van der Waals surface area contributed by atoms with Crippen LogP contribution in [0.2, 0.25) is 0 Å². The van der Waals surface area contributed by atoms with Crippen molar-refractivity contribution in [3.05, 3.63) is 0 Å². The summed E-state index contributed by atoms with van der Waals surface area (Å²) in [5.74, 6) is 0.899. The van der Waals surface area contributed by atoms with Gasteiger partial charge in [-0.25, -0.2) is 0 Å². The Morgan fingerprint density at radius 3 is 0.919 bits per heavy atom. The van der Waals surface area contributed by atoms with Gasteiger partial charge in [0, 0.05) is 19.3 Å². The zero-order valence-corrected chi connectivity index (χ0v) is 42.5. The molecule has 0 aromatic heterocycles. The van der Waals surface area contributed by atoms with Crippen molar-refractivity contribution in [1.82, 2.24) is 0 Å². The van der Waals surface area contributed by atoms with Gasteiger partial charge in [-0.05, 0) is 31.1 Å². The molecule has 0 amide bonds. The average Bonchev–Trinajstić information content (AvgIpc) is 3.26. The van der Waals surface area contributed by atoms with Crippen LogP contribution in [-0.2, 0) is 28.6 Å². The lowest BCUT2D eigenvalue weighted by Crippen LogP contribution is -2.30. The van der Waals surface area contributed by atoms with Gasteiger partial charge in [0.05, 0.1) is 0 Å². The lowest BCUT2D eigenvalue weighted by Gasteiger charge is -2.18. The molecule has 0 aliphatic heterocycles. The highest BCUT2D eigenvalue weighted by Gasteiger charge is 2.19. The highest BCUT2D eigenvalue weighted by molar-refractivity contribution is 5.71. The Bertz CT molecular complexity index is 949. The zero-order chi connectivity index (χ0) is 45.4. The number of ether oxygens (including phenoxy) is 3. The molecule has 0 heterocycles. The SMILES string of the molecule is CCCCCCCCCC(=O)O[C@H](COC(=O)CCCCCCCCCCCCCCCCCCC(C)C)COC(=O)CCCCCCCCCCCCCCCCC(C)CC. The standard InChI is InChI=1S/C56H108O6/c1-6-8-9-10-29-38-43-48-56(59)62-53(50-61-55(58)47-42-37-33-28-24-20-16-15-18-22-26-31-35-40-45-52(5)7-2)49-60-54(57)46-41-36-32-27-23-19-14-12-11-13-17-21-25-30-34-39-44-51(3)4/h51-53H,6-50H2,1-5H3/t52?,53-/m1/s1. The maximum Gasteiger partial charge on any atom is 0.306 e. The van der Waals surface area contributed by atoms with Crippen LogP contribution in [0.25, 0.3) is 0 Å². The molecule has 0 saturated heterocycles. The summed E-state index contributed by atoms with van der Waals surface area (Å²) in [5.41, 5.74) is 0. The summed E-state index contributed by atoms with van der Waals surface area (Å²) in [5, 5.41) is 0. The second kappa shape index (κ2) is 48.9. The van der Waals surface area contributed by atoms with Crippen molar-refractivity contribution in [2.75, 3.05) is 13.2 Å². The molecule has 0 fully saturated rings. The maximum absolute atomic E-state index is 12.7. The van der Waals surface area contributed by atoms with Gasteiger partial charge in [0.1, 0.15) is 13.2 Å². The Labute approximate surface area is 387 Å². The summed E-state index contributed by atoms with van der Waals surface area (Å²) in [7, 11) is 0. The first-order valence-electron chi connectivity index (χ1n) is 27.8.